The second-order valence-corrected chi connectivity index (χ2v) is 23.2. The summed E-state index contributed by atoms with van der Waals surface area (Å²) in [5.74, 6) is -0.424. The number of esters is 2. The number of alkyl halides is 1. The molecule has 0 amide bonds. The summed E-state index contributed by atoms with van der Waals surface area (Å²) in [6.45, 7) is 4.72. The Morgan fingerprint density at radius 3 is 1.64 bits per heavy atom. The molecule has 9 rings (SSSR count). The zero-order chi connectivity index (χ0) is 59.6. The second-order valence-electron chi connectivity index (χ2n) is 18.9. The Morgan fingerprint density at radius 2 is 1.25 bits per heavy atom. The van der Waals surface area contributed by atoms with Gasteiger partial charge in [0.1, 0.15) is 102 Å². The number of nitrogens with one attached hydrogen (secondary N) is 2. The lowest BCUT2D eigenvalue weighted by Gasteiger charge is -2.28. The number of nitrogens with zero attached hydrogens (tertiary/aromatic N) is 9. The van der Waals surface area contributed by atoms with E-state index in [-0.39, 0.29) is 46.7 Å². The van der Waals surface area contributed by atoms with Gasteiger partial charge in [0, 0.05) is 25.5 Å². The summed E-state index contributed by atoms with van der Waals surface area (Å²) in [7, 11) is -7.86. The molecule has 0 bridgehead atoms. The Kier molecular flexibility index (Phi) is 19.9. The number of nitrogens with two attached hydrogens (primary N) is 2. The molecule has 0 radical (unpaired) electrons. The zero-order valence-electron chi connectivity index (χ0n) is 44.5. The van der Waals surface area contributed by atoms with Crippen LogP contribution in [0.2, 0.25) is 0 Å². The number of nitro groups is 1. The highest BCUT2D eigenvalue weighted by Gasteiger charge is 2.59. The van der Waals surface area contributed by atoms with Crippen LogP contribution in [0.15, 0.2) is 61.2 Å². The van der Waals surface area contributed by atoms with Gasteiger partial charge in [-0.05, 0) is 88.8 Å². The van der Waals surface area contributed by atoms with Gasteiger partial charge in [-0.3, -0.25) is 33.2 Å². The van der Waals surface area contributed by atoms with E-state index in [0.29, 0.717) is 11.0 Å². The minimum atomic E-state index is -3.54. The average molecular weight is 1160 g/mol. The van der Waals surface area contributed by atoms with Crippen molar-refractivity contribution in [3.8, 4) is 17.9 Å². The SMILES string of the molecule is C[C@H](NP(C)(=O)OC[C@H]1O[C@@](C#N)(c2ccc3c(N)ncnn23)[C@H](O)[C@@H]1O)C(=O)OC1CCC1.C[C@H](NP(C)(=O)Oc1ccc([N+](=O)[O-])cc1)C(=O)OC1CCC1.N#C[C@@]1(c2ccc3c(N)ncnn23)O[C@H](CO)[C@@H](O)[C@H]1O.[2H]CF. The lowest BCUT2D eigenvalue weighted by Crippen LogP contribution is -2.41. The lowest BCUT2D eigenvalue weighted by molar-refractivity contribution is -0.384. The molecular weight excluding hydrogens is 1100 g/mol. The molecule has 5 aromatic rings. The van der Waals surface area contributed by atoms with Crippen molar-refractivity contribution in [3.05, 3.63) is 82.7 Å². The third-order valence-electron chi connectivity index (χ3n) is 13.2. The number of hydrogen-bond donors (Lipinski definition) is 9. The molecule has 6 heterocycles. The fourth-order valence-corrected chi connectivity index (χ4v) is 11.2. The number of carbonyl (C=O) groups is 2. The van der Waals surface area contributed by atoms with Crippen LogP contribution in [0, 0.1) is 32.8 Å². The molecule has 2 aliphatic carbocycles. The van der Waals surface area contributed by atoms with Gasteiger partial charge >= 0.3 is 19.5 Å². The molecule has 33 heteroatoms. The largest absolute Gasteiger partial charge is 0.461 e. The number of benzene rings is 1. The van der Waals surface area contributed by atoms with E-state index >= 15 is 0 Å². The summed E-state index contributed by atoms with van der Waals surface area (Å²) < 4.78 is 75.9. The van der Waals surface area contributed by atoms with Crippen LogP contribution in [0.4, 0.5) is 21.7 Å². The number of aromatic nitrogens is 6. The molecule has 4 aromatic heterocycles. The van der Waals surface area contributed by atoms with Crippen molar-refractivity contribution in [3.63, 3.8) is 0 Å². The highest BCUT2D eigenvalue weighted by Crippen LogP contribution is 2.45. The Hall–Kier alpha value is -6.83. The van der Waals surface area contributed by atoms with Gasteiger partial charge in [-0.15, -0.1) is 0 Å². The third kappa shape index (κ3) is 13.7. The van der Waals surface area contributed by atoms with Crippen LogP contribution in [0.5, 0.6) is 5.75 Å². The van der Waals surface area contributed by atoms with E-state index in [1.165, 1.54) is 78.3 Å². The summed E-state index contributed by atoms with van der Waals surface area (Å²) in [4.78, 5) is 41.8. The highest BCUT2D eigenvalue weighted by atomic mass is 31.2. The second kappa shape index (κ2) is 26.2. The molecule has 1 aromatic carbocycles. The summed E-state index contributed by atoms with van der Waals surface area (Å²) in [6.07, 6.45) is -0.741. The van der Waals surface area contributed by atoms with Crippen molar-refractivity contribution in [1.29, 1.82) is 10.5 Å². The van der Waals surface area contributed by atoms with Gasteiger partial charge in [0.15, 0.2) is 11.6 Å². The topological polar surface area (TPSA) is 452 Å². The van der Waals surface area contributed by atoms with Crippen LogP contribution in [0.3, 0.4) is 0 Å². The number of anilines is 2. The number of nitrogen functional groups attached to an aromatic ring is 2. The fraction of sp³-hybridized carbons (Fsp3) is 0.532. The zero-order valence-corrected chi connectivity index (χ0v) is 45.3. The van der Waals surface area contributed by atoms with E-state index in [4.69, 9.17) is 40.8 Å². The molecule has 4 fully saturated rings. The van der Waals surface area contributed by atoms with Crippen LogP contribution in [-0.2, 0) is 53.4 Å². The molecule has 2 unspecified atom stereocenters. The number of hydrogen-bond acceptors (Lipinski definition) is 25. The van der Waals surface area contributed by atoms with E-state index in [1.54, 1.807) is 19.1 Å². The van der Waals surface area contributed by atoms with E-state index in [9.17, 15) is 69.3 Å². The first kappa shape index (κ1) is 60.8. The van der Waals surface area contributed by atoms with Crippen molar-refractivity contribution in [2.45, 2.75) is 124 Å². The highest BCUT2D eigenvalue weighted by molar-refractivity contribution is 7.56. The first-order valence-electron chi connectivity index (χ1n) is 25.3. The number of nitro benzene ring substituents is 1. The minimum absolute atomic E-state index is 0.0430. The number of nitriles is 2. The summed E-state index contributed by atoms with van der Waals surface area (Å²) in [5, 5.41) is 93.9. The van der Waals surface area contributed by atoms with E-state index in [2.05, 4.69) is 30.3 Å². The minimum Gasteiger partial charge on any atom is -0.461 e. The predicted molar refractivity (Wildman–Crippen MR) is 277 cm³/mol. The summed E-state index contributed by atoms with van der Waals surface area (Å²) >= 11 is 0. The van der Waals surface area contributed by atoms with Crippen LogP contribution in [0.25, 0.3) is 11.0 Å². The molecular formula is C47H62FN13O17P2. The van der Waals surface area contributed by atoms with E-state index < -0.39 is 112 Å². The normalized spacial score (nSPS) is 26.7. The van der Waals surface area contributed by atoms with Gasteiger partial charge in [-0.25, -0.2) is 29.2 Å². The van der Waals surface area contributed by atoms with Crippen molar-refractivity contribution in [1.82, 2.24) is 39.4 Å². The van der Waals surface area contributed by atoms with Gasteiger partial charge in [0.25, 0.3) is 13.2 Å². The van der Waals surface area contributed by atoms with Crippen LogP contribution in [-0.4, -0.2) is 166 Å². The van der Waals surface area contributed by atoms with Crippen LogP contribution < -0.4 is 26.2 Å². The van der Waals surface area contributed by atoms with Gasteiger partial charge in [0.05, 0.1) is 38.0 Å². The van der Waals surface area contributed by atoms with E-state index in [0.717, 1.165) is 38.5 Å². The van der Waals surface area contributed by atoms with Gasteiger partial charge < -0.3 is 65.0 Å². The average Bonchev–Trinajstić information content (AvgIpc) is 4.20. The number of rotatable bonds is 17. The smallest absolute Gasteiger partial charge is 0.323 e. The number of aliphatic hydroxyl groups is 5. The third-order valence-corrected chi connectivity index (χ3v) is 16.1. The first-order valence-corrected chi connectivity index (χ1v) is 28.7. The monoisotopic (exact) mass is 1160 g/mol. The number of fused-ring (bicyclic) bond motifs is 2. The maximum absolute atomic E-state index is 12.9. The number of ether oxygens (including phenoxy) is 4. The summed E-state index contributed by atoms with van der Waals surface area (Å²) in [5.41, 5.74) is 8.81. The maximum Gasteiger partial charge on any atom is 0.323 e. The molecule has 2 saturated carbocycles. The molecule has 80 heavy (non-hydrogen) atoms. The Morgan fingerprint density at radius 1 is 0.825 bits per heavy atom. The van der Waals surface area contributed by atoms with Crippen molar-refractivity contribution in [2.24, 2.45) is 0 Å². The molecule has 4 aliphatic rings. The van der Waals surface area contributed by atoms with E-state index in [1.807, 2.05) is 12.1 Å². The molecule has 11 N–H and O–H groups in total. The quantitative estimate of drug-likeness (QED) is 0.0277. The van der Waals surface area contributed by atoms with Crippen molar-refractivity contribution in [2.75, 3.05) is 45.2 Å². The standard InChI is InChI=1S/C20H27N6O7P.C14H19N2O6P.C12H13N5O4.CH3F/c1-11(19(29)32-12-4-3-5-12)25-34(2,30)31-8-14-16(27)17(28)20(9-21,33-14)15-7-6-13-18(22)23-10-24-26(13)15;1-10(14(17)21-12-4-3-5-12)15-23(2,20)22-13-8-6-11(7-9-13)16(18)19;13-4-12(10(20)9(19)7(3-18)21-12)8-2-1-6-11(14)15-5-16-17(6)8;1-2/h6-7,10-12,14,16-17,27-28H,3-5,8H2,1-2H3,(H,25,30)(H2,22,23,24);6-10,12H,3-5H2,1-2H3,(H,15,20);1-2,5,7,9-10,18-20H,3H2,(H2,14,15,16);1H3/t11-,14+,16+,17+,20-,34?;10-,23?;7-,9-,10-,12+;/m001./s1/i;;;1D. The molecule has 0 spiro atoms. The van der Waals surface area contributed by atoms with Crippen LogP contribution in [0.1, 0.15) is 65.1 Å². The molecule has 12 atom stereocenters. The molecule has 2 aliphatic heterocycles. The van der Waals surface area contributed by atoms with Gasteiger partial charge in [-0.1, -0.05) is 0 Å². The number of carbonyl (C=O) groups excluding carboxylic acids is 2. The maximum atomic E-state index is 12.9. The van der Waals surface area contributed by atoms with Crippen molar-refractivity contribution >= 4 is 55.3 Å². The number of non-ortho nitro benzene ring substituents is 1. The Bertz CT molecular complexity index is 3200. The molecule has 434 valence electrons. The predicted octanol–water partition coefficient (Wildman–Crippen LogP) is 1.66. The number of aliphatic hydroxyl groups excluding tert-OH is 5. The summed E-state index contributed by atoms with van der Waals surface area (Å²) in [6, 6.07) is 13.5. The Balaban J connectivity index is 0.000000198. The fourth-order valence-electron chi connectivity index (χ4n) is 8.54. The Labute approximate surface area is 457 Å². The molecule has 2 saturated heterocycles. The number of halogens is 1. The van der Waals surface area contributed by atoms with Gasteiger partial charge in [-0.2, -0.15) is 20.7 Å². The van der Waals surface area contributed by atoms with Crippen molar-refractivity contribution < 1.29 is 82.9 Å². The first-order chi connectivity index (χ1) is 38.3. The van der Waals surface area contributed by atoms with Crippen LogP contribution >= 0.6 is 15.0 Å². The molecule has 30 nitrogen and oxygen atoms in total. The van der Waals surface area contributed by atoms with Gasteiger partial charge in [0.2, 0.25) is 11.2 Å². The lowest BCUT2D eigenvalue weighted by atomic mass is 9.92.